The topological polar surface area (TPSA) is 455 Å². The number of hydrogen-bond donors (Lipinski definition) is 16. The van der Waals surface area contributed by atoms with Gasteiger partial charge in [-0.15, -0.1) is 0 Å². The number of carboxylic acid groups (broad SMARTS) is 3. The van der Waals surface area contributed by atoms with Crippen LogP contribution in [0, 0.1) is 5.92 Å². The molecule has 0 unspecified atom stereocenters. The summed E-state index contributed by atoms with van der Waals surface area (Å²) >= 11 is 5.41. The van der Waals surface area contributed by atoms with Gasteiger partial charge in [0.05, 0.1) is 18.8 Å². The van der Waals surface area contributed by atoms with Crippen LogP contribution in [0.25, 0.3) is 0 Å². The molecule has 1 saturated heterocycles. The van der Waals surface area contributed by atoms with Crippen molar-refractivity contribution in [2.24, 2.45) is 23.1 Å². The summed E-state index contributed by atoms with van der Waals surface area (Å²) in [4.78, 5) is 151. The number of H-pyrrole nitrogens is 1. The van der Waals surface area contributed by atoms with Gasteiger partial charge in [0, 0.05) is 37.0 Å². The highest BCUT2D eigenvalue weighted by Crippen LogP contribution is 2.19. The summed E-state index contributed by atoms with van der Waals surface area (Å²) in [5.74, 6) is -12.0. The van der Waals surface area contributed by atoms with E-state index in [1.807, 2.05) is 0 Å². The molecular formula is C42H70N14O14S2. The number of aromatic nitrogens is 2. The average Bonchev–Trinajstić information content (AvgIpc) is 4.03. The quantitative estimate of drug-likeness (QED) is 0.0178. The smallest absolute Gasteiger partial charge is 0.326 e. The number of nitrogens with one attached hydrogen (secondary N) is 9. The molecule has 0 aromatic carbocycles. The average molecular weight is 1060 g/mol. The zero-order valence-corrected chi connectivity index (χ0v) is 42.2. The van der Waals surface area contributed by atoms with Crippen molar-refractivity contribution in [3.05, 3.63) is 18.2 Å². The summed E-state index contributed by atoms with van der Waals surface area (Å²) in [5, 5.41) is 48.5. The maximum absolute atomic E-state index is 13.9. The number of aliphatic carboxylic acids is 3. The summed E-state index contributed by atoms with van der Waals surface area (Å²) < 4.78 is 0. The third-order valence-electron chi connectivity index (χ3n) is 11.2. The van der Waals surface area contributed by atoms with E-state index in [-0.39, 0.29) is 50.9 Å². The molecule has 1 aromatic rings. The molecule has 1 aromatic heterocycles. The van der Waals surface area contributed by atoms with E-state index in [2.05, 4.69) is 65.1 Å². The largest absolute Gasteiger partial charge is 0.481 e. The molecule has 18 N–H and O–H groups in total. The van der Waals surface area contributed by atoms with E-state index in [4.69, 9.17) is 17.2 Å². The van der Waals surface area contributed by atoms with Gasteiger partial charge in [-0.3, -0.25) is 53.3 Å². The van der Waals surface area contributed by atoms with Gasteiger partial charge < -0.3 is 79.6 Å². The summed E-state index contributed by atoms with van der Waals surface area (Å²) in [5.41, 5.74) is 17.7. The molecule has 72 heavy (non-hydrogen) atoms. The molecule has 0 radical (unpaired) electrons. The second kappa shape index (κ2) is 31.4. The molecule has 1 aliphatic heterocycles. The Labute approximate surface area is 425 Å². The first-order valence-corrected chi connectivity index (χ1v) is 25.1. The van der Waals surface area contributed by atoms with Crippen LogP contribution in [0.5, 0.6) is 0 Å². The van der Waals surface area contributed by atoms with Gasteiger partial charge >= 0.3 is 17.9 Å². The molecule has 0 aliphatic carbocycles. The predicted octanol–water partition coefficient (Wildman–Crippen LogP) is -4.98. The van der Waals surface area contributed by atoms with Crippen LogP contribution in [0.3, 0.4) is 0 Å². The molecule has 404 valence electrons. The van der Waals surface area contributed by atoms with Crippen LogP contribution in [0.1, 0.15) is 77.8 Å². The van der Waals surface area contributed by atoms with E-state index in [9.17, 15) is 68.1 Å². The molecule has 1 fully saturated rings. The lowest BCUT2D eigenvalue weighted by Crippen LogP contribution is -2.61. The number of nitrogens with two attached hydrogens (primary N) is 3. The van der Waals surface area contributed by atoms with Crippen LogP contribution < -0.4 is 59.7 Å². The zero-order chi connectivity index (χ0) is 54.2. The first kappa shape index (κ1) is 62.0. The Bertz CT molecular complexity index is 2030. The minimum atomic E-state index is -1.78. The second-order valence-corrected chi connectivity index (χ2v) is 18.6. The molecule has 9 atom stereocenters. The SMILES string of the molecule is CSCC[C@H](NC(=O)[C@H](CCC(=O)O)NC(=O)[C@H](CCCNC(N)N)NC(=O)[C@@H](N)Cc1cnc[nH]1)C(=O)N[C@@H](C)C(=O)N[C@H](C(=O)N[C@@H](CC(=O)O)C(=O)N[C@@H](CS)C(=O)N1CCC[C@H]1C(=O)O)C(C)C. The standard InChI is InChI=1S/C42H70N14O14S2/c1-20(2)32(39(67)53-27(16-31(59)60)38(66)54-28(18-71)40(68)56-13-6-8-29(56)41(69)70)55-33(61)21(3)49-35(63)26(11-14-72-4)52-37(65)25(9-10-30(57)58)51-36(64)24(7-5-12-47-42(44)45)50-34(62)23(43)15-22-17-46-19-48-22/h17,19-21,23-29,32,42,47,71H,5-16,18,43-45H2,1-4H3,(H,46,48)(H,49,63)(H,50,62)(H,51,64)(H,52,65)(H,53,67)(H,54,66)(H,55,61)(H,57,58)(H,59,60)(H,69,70)/t21-,23-,24-,25-,26-,27-,28-,29-,32-/m0/s1. The van der Waals surface area contributed by atoms with Crippen molar-refractivity contribution in [2.45, 2.75) is 139 Å². The lowest BCUT2D eigenvalue weighted by Gasteiger charge is -2.29. The first-order valence-electron chi connectivity index (χ1n) is 23.1. The minimum absolute atomic E-state index is 0.00647. The van der Waals surface area contributed by atoms with Crippen molar-refractivity contribution >= 4 is 89.6 Å². The van der Waals surface area contributed by atoms with Gasteiger partial charge in [0.25, 0.3) is 0 Å². The van der Waals surface area contributed by atoms with Gasteiger partial charge in [0.15, 0.2) is 0 Å². The van der Waals surface area contributed by atoms with Gasteiger partial charge in [0.2, 0.25) is 47.3 Å². The Hall–Kier alpha value is -6.08. The highest BCUT2D eigenvalue weighted by atomic mass is 32.2. The highest BCUT2D eigenvalue weighted by Gasteiger charge is 2.39. The van der Waals surface area contributed by atoms with Gasteiger partial charge in [-0.2, -0.15) is 24.4 Å². The molecule has 28 nitrogen and oxygen atoms in total. The third-order valence-corrected chi connectivity index (χ3v) is 12.2. The number of likely N-dealkylation sites (tertiary alicyclic amines) is 1. The number of amides is 8. The minimum Gasteiger partial charge on any atom is -0.481 e. The fourth-order valence-corrected chi connectivity index (χ4v) is 7.94. The normalized spacial score (nSPS) is 16.7. The van der Waals surface area contributed by atoms with E-state index < -0.39 is 151 Å². The van der Waals surface area contributed by atoms with E-state index in [0.717, 1.165) is 4.90 Å². The molecule has 1 aliphatic rings. The Morgan fingerprint density at radius 1 is 0.750 bits per heavy atom. The zero-order valence-electron chi connectivity index (χ0n) is 40.5. The monoisotopic (exact) mass is 1060 g/mol. The number of thiol groups is 1. The van der Waals surface area contributed by atoms with Crippen molar-refractivity contribution in [2.75, 3.05) is 30.9 Å². The van der Waals surface area contributed by atoms with Crippen LogP contribution in [0.15, 0.2) is 12.5 Å². The van der Waals surface area contributed by atoms with E-state index in [1.54, 1.807) is 6.26 Å². The fraction of sp³-hybridized carbons (Fsp3) is 0.667. The summed E-state index contributed by atoms with van der Waals surface area (Å²) in [6, 6.07) is -12.4. The van der Waals surface area contributed by atoms with Gasteiger partial charge in [-0.1, -0.05) is 13.8 Å². The lowest BCUT2D eigenvalue weighted by molar-refractivity contribution is -0.149. The number of hydrogen-bond acceptors (Lipinski definition) is 18. The molecule has 0 bridgehead atoms. The number of carbonyl (C=O) groups excluding carboxylic acids is 8. The Kier molecular flexibility index (Phi) is 27.0. The van der Waals surface area contributed by atoms with E-state index in [0.29, 0.717) is 17.9 Å². The molecular weight excluding hydrogens is 989 g/mol. The summed E-state index contributed by atoms with van der Waals surface area (Å²) in [6.07, 6.45) is 2.56. The Morgan fingerprint density at radius 3 is 1.86 bits per heavy atom. The lowest BCUT2D eigenvalue weighted by atomic mass is 10.0. The van der Waals surface area contributed by atoms with Crippen molar-refractivity contribution in [3.63, 3.8) is 0 Å². The highest BCUT2D eigenvalue weighted by molar-refractivity contribution is 7.98. The predicted molar refractivity (Wildman–Crippen MR) is 262 cm³/mol. The summed E-state index contributed by atoms with van der Waals surface area (Å²) in [6.45, 7) is 4.65. The molecule has 0 spiro atoms. The molecule has 2 rings (SSSR count). The van der Waals surface area contributed by atoms with Gasteiger partial charge in [-0.25, -0.2) is 9.78 Å². The molecule has 0 saturated carbocycles. The number of rotatable bonds is 33. The van der Waals surface area contributed by atoms with Crippen LogP contribution in [-0.4, -0.2) is 187 Å². The maximum atomic E-state index is 13.9. The van der Waals surface area contributed by atoms with E-state index >= 15 is 0 Å². The fourth-order valence-electron chi connectivity index (χ4n) is 7.22. The molecule has 2 heterocycles. The van der Waals surface area contributed by atoms with Crippen molar-refractivity contribution in [1.29, 1.82) is 0 Å². The number of carbonyl (C=O) groups is 11. The summed E-state index contributed by atoms with van der Waals surface area (Å²) in [7, 11) is 0. The molecule has 8 amide bonds. The Balaban J connectivity index is 2.23. The van der Waals surface area contributed by atoms with E-state index in [1.165, 1.54) is 45.1 Å². The first-order chi connectivity index (χ1) is 33.9. The maximum Gasteiger partial charge on any atom is 0.326 e. The van der Waals surface area contributed by atoms with Crippen molar-refractivity contribution in [1.82, 2.24) is 57.4 Å². The second-order valence-electron chi connectivity index (χ2n) is 17.3. The third kappa shape index (κ3) is 21.3. The van der Waals surface area contributed by atoms with Crippen molar-refractivity contribution in [3.8, 4) is 0 Å². The number of carboxylic acids is 3. The number of nitrogens with zero attached hydrogens (tertiary/aromatic N) is 2. The van der Waals surface area contributed by atoms with Crippen LogP contribution in [0.2, 0.25) is 0 Å². The molecule has 30 heteroatoms. The number of aromatic amines is 1. The number of thioether (sulfide) groups is 1. The Morgan fingerprint density at radius 2 is 1.32 bits per heavy atom. The van der Waals surface area contributed by atoms with Gasteiger partial charge in [-0.05, 0) is 69.9 Å². The van der Waals surface area contributed by atoms with Crippen LogP contribution in [-0.2, 0) is 59.2 Å². The number of imidazole rings is 1. The van der Waals surface area contributed by atoms with Crippen LogP contribution >= 0.6 is 24.4 Å². The van der Waals surface area contributed by atoms with Crippen LogP contribution in [0.4, 0.5) is 0 Å². The van der Waals surface area contributed by atoms with Crippen molar-refractivity contribution < 1.29 is 68.1 Å². The van der Waals surface area contributed by atoms with Gasteiger partial charge in [0.1, 0.15) is 54.6 Å².